The molecule has 0 saturated carbocycles. The van der Waals surface area contributed by atoms with Crippen molar-refractivity contribution < 1.29 is 41.6 Å². The SMILES string of the molecule is CC(C)OC(=O)C(C)NP(=S)(OCC1(C(F)F)OC(n2cc(Cl)c(=O)[nH]c2=O)C(F)C1O)Oc1ccc2ccccc2c1. The number of aromatic nitrogens is 2. The summed E-state index contributed by atoms with van der Waals surface area (Å²) in [7, 11) is 0. The van der Waals surface area contributed by atoms with E-state index in [4.69, 9.17) is 41.9 Å². The van der Waals surface area contributed by atoms with Crippen molar-refractivity contribution in [2.75, 3.05) is 6.61 Å². The normalized spacial score (nSPS) is 24.3. The van der Waals surface area contributed by atoms with Gasteiger partial charge in [0, 0.05) is 6.20 Å². The van der Waals surface area contributed by atoms with E-state index in [0.29, 0.717) is 10.8 Å². The highest BCUT2D eigenvalue weighted by atomic mass is 35.5. The molecular weight excluding hydrogens is 638 g/mol. The van der Waals surface area contributed by atoms with E-state index in [1.165, 1.54) is 6.92 Å². The maximum atomic E-state index is 15.3. The smallest absolute Gasteiger partial charge is 0.330 e. The van der Waals surface area contributed by atoms with Crippen LogP contribution in [0.3, 0.4) is 0 Å². The lowest BCUT2D eigenvalue weighted by atomic mass is 9.97. The van der Waals surface area contributed by atoms with Gasteiger partial charge in [0.15, 0.2) is 18.0 Å². The number of hydrogen-bond donors (Lipinski definition) is 3. The molecular formula is C26H28ClF3N3O8PS. The molecule has 0 spiro atoms. The van der Waals surface area contributed by atoms with Crippen LogP contribution in [0.15, 0.2) is 58.3 Å². The van der Waals surface area contributed by atoms with Crippen LogP contribution in [-0.2, 0) is 30.6 Å². The van der Waals surface area contributed by atoms with Gasteiger partial charge in [-0.2, -0.15) is 0 Å². The quantitative estimate of drug-likeness (QED) is 0.205. The van der Waals surface area contributed by atoms with Crippen LogP contribution in [0.1, 0.15) is 27.0 Å². The number of esters is 1. The molecule has 1 saturated heterocycles. The molecule has 234 valence electrons. The molecule has 4 rings (SSSR count). The Balaban J connectivity index is 1.66. The van der Waals surface area contributed by atoms with Crippen LogP contribution in [0.25, 0.3) is 10.8 Å². The van der Waals surface area contributed by atoms with Crippen molar-refractivity contribution >= 4 is 46.8 Å². The van der Waals surface area contributed by atoms with E-state index in [9.17, 15) is 28.3 Å². The molecule has 11 nitrogen and oxygen atoms in total. The lowest BCUT2D eigenvalue weighted by Crippen LogP contribution is -2.52. The Morgan fingerprint density at radius 1 is 1.23 bits per heavy atom. The van der Waals surface area contributed by atoms with Gasteiger partial charge in [-0.25, -0.2) is 23.1 Å². The summed E-state index contributed by atoms with van der Waals surface area (Å²) in [6, 6.07) is 11.0. The number of fused-ring (bicyclic) bond motifs is 1. The van der Waals surface area contributed by atoms with E-state index in [-0.39, 0.29) is 5.75 Å². The second kappa shape index (κ2) is 13.1. The molecule has 3 aromatic rings. The highest BCUT2D eigenvalue weighted by molar-refractivity contribution is 8.09. The molecule has 0 aliphatic carbocycles. The molecule has 1 aromatic heterocycles. The average molecular weight is 666 g/mol. The van der Waals surface area contributed by atoms with Gasteiger partial charge in [-0.1, -0.05) is 41.9 Å². The largest absolute Gasteiger partial charge is 0.462 e. The Hall–Kier alpha value is -2.78. The van der Waals surface area contributed by atoms with Crippen LogP contribution in [0.2, 0.25) is 5.02 Å². The van der Waals surface area contributed by atoms with Gasteiger partial charge in [0.25, 0.3) is 12.0 Å². The number of aliphatic hydroxyl groups excluding tert-OH is 1. The molecule has 3 N–H and O–H groups in total. The fourth-order valence-corrected chi connectivity index (χ4v) is 6.84. The predicted molar refractivity (Wildman–Crippen MR) is 155 cm³/mol. The Bertz CT molecular complexity index is 1660. The number of alkyl halides is 3. The van der Waals surface area contributed by atoms with Gasteiger partial charge in [0.1, 0.15) is 22.9 Å². The topological polar surface area (TPSA) is 141 Å². The lowest BCUT2D eigenvalue weighted by molar-refractivity contribution is -0.192. The fraction of sp³-hybridized carbons (Fsp3) is 0.423. The third-order valence-corrected chi connectivity index (χ3v) is 9.20. The summed E-state index contributed by atoms with van der Waals surface area (Å²) in [5.74, 6) is -0.581. The fourth-order valence-electron chi connectivity index (χ4n) is 4.27. The molecule has 2 heterocycles. The number of aliphatic hydroxyl groups is 1. The molecule has 1 aliphatic heterocycles. The van der Waals surface area contributed by atoms with Crippen LogP contribution < -0.4 is 20.9 Å². The minimum Gasteiger partial charge on any atom is -0.462 e. The van der Waals surface area contributed by atoms with Gasteiger partial charge in [0.05, 0.1) is 12.7 Å². The number of halogens is 4. The number of ether oxygens (including phenoxy) is 2. The van der Waals surface area contributed by atoms with Crippen LogP contribution in [0.5, 0.6) is 5.75 Å². The molecule has 17 heteroatoms. The summed E-state index contributed by atoms with van der Waals surface area (Å²) in [6.07, 6.45) is -10.6. The van der Waals surface area contributed by atoms with Gasteiger partial charge < -0.3 is 23.6 Å². The number of aromatic amines is 1. The highest BCUT2D eigenvalue weighted by Crippen LogP contribution is 2.50. The van der Waals surface area contributed by atoms with Crippen molar-refractivity contribution in [3.63, 3.8) is 0 Å². The first kappa shape index (κ1) is 33.1. The molecule has 0 bridgehead atoms. The van der Waals surface area contributed by atoms with Gasteiger partial charge in [-0.3, -0.25) is 19.1 Å². The zero-order valence-electron chi connectivity index (χ0n) is 22.9. The number of carbonyl (C=O) groups excluding carboxylic acids is 1. The number of nitrogens with one attached hydrogen (secondary N) is 2. The summed E-state index contributed by atoms with van der Waals surface area (Å²) in [6.45, 7) is -0.570. The summed E-state index contributed by atoms with van der Waals surface area (Å²) in [4.78, 5) is 38.3. The highest BCUT2D eigenvalue weighted by Gasteiger charge is 2.62. The van der Waals surface area contributed by atoms with E-state index in [2.05, 4.69) is 5.09 Å². The molecule has 0 amide bonds. The minimum atomic E-state index is -3.97. The van der Waals surface area contributed by atoms with E-state index in [0.717, 1.165) is 10.8 Å². The Morgan fingerprint density at radius 3 is 2.56 bits per heavy atom. The van der Waals surface area contributed by atoms with Crippen LogP contribution >= 0.6 is 18.2 Å². The van der Waals surface area contributed by atoms with Crippen LogP contribution in [-0.4, -0.2) is 63.7 Å². The zero-order chi connectivity index (χ0) is 31.7. The number of nitrogens with zero attached hydrogens (tertiary/aromatic N) is 1. The van der Waals surface area contributed by atoms with Gasteiger partial charge in [-0.15, -0.1) is 0 Å². The first-order chi connectivity index (χ1) is 20.2. The van der Waals surface area contributed by atoms with Crippen molar-refractivity contribution in [1.29, 1.82) is 0 Å². The second-order valence-corrected chi connectivity index (χ2v) is 13.5. The third-order valence-electron chi connectivity index (χ3n) is 6.45. The molecule has 0 radical (unpaired) electrons. The first-order valence-corrected chi connectivity index (χ1v) is 15.9. The van der Waals surface area contributed by atoms with E-state index in [1.54, 1.807) is 49.2 Å². The Morgan fingerprint density at radius 2 is 1.91 bits per heavy atom. The standard InChI is InChI=1S/C26H28ClF3N3O8PS/c1-13(2)39-23(36)14(3)32-42(43,41-17-9-8-15-6-4-5-7-16(15)10-17)38-12-26(24(29)30)20(34)19(28)22(40-26)33-11-18(27)21(35)31-25(33)37/h4-11,13-14,19-20,22,24,34H,12H2,1-3H3,(H,32,43)(H,31,35,37). The number of carbonyl (C=O) groups is 1. The minimum absolute atomic E-state index is 0.161. The molecule has 43 heavy (non-hydrogen) atoms. The summed E-state index contributed by atoms with van der Waals surface area (Å²) in [5, 5.41) is 14.4. The monoisotopic (exact) mass is 665 g/mol. The van der Waals surface area contributed by atoms with E-state index in [1.807, 2.05) is 12.1 Å². The molecule has 6 unspecified atom stereocenters. The molecule has 6 atom stereocenters. The number of benzene rings is 2. The number of H-pyrrole nitrogens is 1. The number of hydrogen-bond acceptors (Lipinski definition) is 9. The Labute approximate surface area is 253 Å². The van der Waals surface area contributed by atoms with E-state index >= 15 is 4.39 Å². The maximum absolute atomic E-state index is 15.3. The Kier molecular flexibility index (Phi) is 10.1. The van der Waals surface area contributed by atoms with Crippen LogP contribution in [0, 0.1) is 0 Å². The summed E-state index contributed by atoms with van der Waals surface area (Å²) < 4.78 is 67.0. The maximum Gasteiger partial charge on any atom is 0.330 e. The number of rotatable bonds is 11. The van der Waals surface area contributed by atoms with Crippen molar-refractivity contribution in [3.8, 4) is 5.75 Å². The average Bonchev–Trinajstić information content (AvgIpc) is 3.19. The zero-order valence-corrected chi connectivity index (χ0v) is 25.4. The molecule has 2 aromatic carbocycles. The van der Waals surface area contributed by atoms with Crippen molar-refractivity contribution in [2.45, 2.75) is 63.4 Å². The van der Waals surface area contributed by atoms with Gasteiger partial charge in [0.2, 0.25) is 0 Å². The second-order valence-electron chi connectivity index (χ2n) is 10.0. The van der Waals surface area contributed by atoms with Crippen molar-refractivity contribution in [3.05, 3.63) is 74.5 Å². The predicted octanol–water partition coefficient (Wildman–Crippen LogP) is 3.82. The van der Waals surface area contributed by atoms with Gasteiger partial charge in [-0.05, 0) is 55.5 Å². The lowest BCUT2D eigenvalue weighted by Gasteiger charge is -2.34. The molecule has 1 fully saturated rings. The van der Waals surface area contributed by atoms with Crippen molar-refractivity contribution in [2.24, 2.45) is 0 Å². The summed E-state index contributed by atoms with van der Waals surface area (Å²) >= 11 is 11.3. The van der Waals surface area contributed by atoms with Crippen LogP contribution in [0.4, 0.5) is 13.2 Å². The van der Waals surface area contributed by atoms with E-state index < -0.39 is 78.2 Å². The van der Waals surface area contributed by atoms with Gasteiger partial charge >= 0.3 is 18.3 Å². The van der Waals surface area contributed by atoms with Crippen molar-refractivity contribution in [1.82, 2.24) is 14.6 Å². The first-order valence-electron chi connectivity index (χ1n) is 12.9. The molecule has 1 aliphatic rings. The summed E-state index contributed by atoms with van der Waals surface area (Å²) in [5.41, 5.74) is -5.28. The third kappa shape index (κ3) is 7.14.